The van der Waals surface area contributed by atoms with Crippen LogP contribution in [0.2, 0.25) is 0 Å². The molecule has 1 aromatic carbocycles. The molecule has 0 aliphatic heterocycles. The van der Waals surface area contributed by atoms with Gasteiger partial charge in [0.05, 0.1) is 0 Å². The first-order valence-electron chi connectivity index (χ1n) is 3.25. The Morgan fingerprint density at radius 3 is 3.00 bits per heavy atom. The van der Waals surface area contributed by atoms with Crippen LogP contribution in [0.25, 0.3) is 10.1 Å². The molecule has 2 aromatic rings. The van der Waals surface area contributed by atoms with Crippen LogP contribution in [0, 0.1) is 0 Å². The summed E-state index contributed by atoms with van der Waals surface area (Å²) in [6.45, 7) is 0. The first kappa shape index (κ1) is 6.55. The van der Waals surface area contributed by atoms with Gasteiger partial charge in [-0.05, 0) is 35.0 Å². The molecule has 0 unspecified atom stereocenters. The van der Waals surface area contributed by atoms with Crippen molar-refractivity contribution < 1.29 is 4.79 Å². The molecule has 53 valence electrons. The Labute approximate surface area is 68.3 Å². The van der Waals surface area contributed by atoms with Crippen LogP contribution in [0.1, 0.15) is 5.56 Å². The molecule has 2 rings (SSSR count). The summed E-state index contributed by atoms with van der Waals surface area (Å²) in [6.07, 6.45) is 1.86. The molecule has 0 spiro atoms. The summed E-state index contributed by atoms with van der Waals surface area (Å²) in [5.41, 5.74) is 0.621. The van der Waals surface area contributed by atoms with Crippen LogP contribution in [0.4, 0.5) is 0 Å². The lowest BCUT2D eigenvalue weighted by molar-refractivity contribution is 0.563. The Morgan fingerprint density at radius 1 is 1.27 bits per heavy atom. The number of hydrogen-bond donors (Lipinski definition) is 0. The van der Waals surface area contributed by atoms with Crippen LogP contribution in [0.5, 0.6) is 0 Å². The highest BCUT2D eigenvalue weighted by molar-refractivity contribution is 7.17. The number of hydrogen-bond acceptors (Lipinski definition) is 2. The SMILES string of the molecule is O=[C]c1ccc2sccc2c1. The average Bonchev–Trinajstić information content (AvgIpc) is 2.50. The molecule has 1 aromatic heterocycles. The molecule has 0 atom stereocenters. The molecular weight excluding hydrogens is 156 g/mol. The molecule has 0 aliphatic carbocycles. The van der Waals surface area contributed by atoms with E-state index in [4.69, 9.17) is 0 Å². The first-order valence-corrected chi connectivity index (χ1v) is 4.13. The summed E-state index contributed by atoms with van der Waals surface area (Å²) in [6, 6.07) is 7.58. The summed E-state index contributed by atoms with van der Waals surface area (Å²) in [5.74, 6) is 0. The summed E-state index contributed by atoms with van der Waals surface area (Å²) < 4.78 is 1.21. The van der Waals surface area contributed by atoms with Crippen LogP contribution < -0.4 is 0 Å². The minimum absolute atomic E-state index is 0.621. The minimum Gasteiger partial charge on any atom is -0.285 e. The van der Waals surface area contributed by atoms with Gasteiger partial charge in [-0.1, -0.05) is 0 Å². The monoisotopic (exact) mass is 161 g/mol. The second-order valence-corrected chi connectivity index (χ2v) is 3.22. The topological polar surface area (TPSA) is 17.1 Å². The van der Waals surface area contributed by atoms with Crippen LogP contribution in [0.3, 0.4) is 0 Å². The quantitative estimate of drug-likeness (QED) is 0.627. The van der Waals surface area contributed by atoms with E-state index in [2.05, 4.69) is 0 Å². The van der Waals surface area contributed by atoms with Crippen molar-refractivity contribution in [2.24, 2.45) is 0 Å². The molecule has 1 radical (unpaired) electrons. The van der Waals surface area contributed by atoms with Crippen molar-refractivity contribution in [1.82, 2.24) is 0 Å². The zero-order valence-electron chi connectivity index (χ0n) is 5.70. The lowest BCUT2D eigenvalue weighted by Gasteiger charge is -1.88. The summed E-state index contributed by atoms with van der Waals surface area (Å²) >= 11 is 1.68. The Hall–Kier alpha value is -1.15. The number of carbonyl (C=O) groups excluding carboxylic acids is 1. The molecule has 0 saturated heterocycles. The smallest absolute Gasteiger partial charge is 0.233 e. The molecule has 2 heteroatoms. The van der Waals surface area contributed by atoms with Crippen molar-refractivity contribution in [3.05, 3.63) is 35.2 Å². The highest BCUT2D eigenvalue weighted by atomic mass is 32.1. The van der Waals surface area contributed by atoms with Crippen LogP contribution in [0.15, 0.2) is 29.6 Å². The van der Waals surface area contributed by atoms with Crippen molar-refractivity contribution >= 4 is 27.7 Å². The van der Waals surface area contributed by atoms with Gasteiger partial charge in [0.1, 0.15) is 0 Å². The van der Waals surface area contributed by atoms with E-state index in [1.165, 1.54) is 4.70 Å². The van der Waals surface area contributed by atoms with Gasteiger partial charge in [0.2, 0.25) is 6.29 Å². The largest absolute Gasteiger partial charge is 0.285 e. The predicted octanol–water partition coefficient (Wildman–Crippen LogP) is 2.36. The van der Waals surface area contributed by atoms with E-state index in [-0.39, 0.29) is 0 Å². The van der Waals surface area contributed by atoms with Gasteiger partial charge < -0.3 is 0 Å². The standard InChI is InChI=1S/C9H5OS/c10-6-7-1-2-9-8(5-7)3-4-11-9/h1-5H. The maximum atomic E-state index is 10.3. The number of rotatable bonds is 1. The van der Waals surface area contributed by atoms with Crippen molar-refractivity contribution in [3.63, 3.8) is 0 Å². The zero-order valence-corrected chi connectivity index (χ0v) is 6.52. The molecule has 0 aliphatic rings. The van der Waals surface area contributed by atoms with Gasteiger partial charge in [-0.15, -0.1) is 11.3 Å². The van der Waals surface area contributed by atoms with Gasteiger partial charge in [-0.3, -0.25) is 4.79 Å². The van der Waals surface area contributed by atoms with Gasteiger partial charge in [0, 0.05) is 10.3 Å². The average molecular weight is 161 g/mol. The zero-order chi connectivity index (χ0) is 7.68. The van der Waals surface area contributed by atoms with Gasteiger partial charge in [-0.25, -0.2) is 0 Å². The van der Waals surface area contributed by atoms with E-state index < -0.39 is 0 Å². The lowest BCUT2D eigenvalue weighted by Crippen LogP contribution is -1.76. The van der Waals surface area contributed by atoms with Crippen molar-refractivity contribution in [2.75, 3.05) is 0 Å². The molecule has 1 heterocycles. The maximum Gasteiger partial charge on any atom is 0.233 e. The van der Waals surface area contributed by atoms with Crippen molar-refractivity contribution in [1.29, 1.82) is 0 Å². The second kappa shape index (κ2) is 2.47. The van der Waals surface area contributed by atoms with E-state index in [1.54, 1.807) is 17.4 Å². The highest BCUT2D eigenvalue weighted by Crippen LogP contribution is 2.20. The lowest BCUT2D eigenvalue weighted by atomic mass is 10.2. The highest BCUT2D eigenvalue weighted by Gasteiger charge is 1.95. The normalized spacial score (nSPS) is 10.2. The number of fused-ring (bicyclic) bond motifs is 1. The molecule has 0 fully saturated rings. The van der Waals surface area contributed by atoms with Gasteiger partial charge in [-0.2, -0.15) is 0 Å². The Bertz CT molecular complexity index is 389. The van der Waals surface area contributed by atoms with E-state index in [1.807, 2.05) is 29.9 Å². The molecule has 11 heavy (non-hydrogen) atoms. The maximum absolute atomic E-state index is 10.3. The molecular formula is C9H5OS. The Morgan fingerprint density at radius 2 is 2.18 bits per heavy atom. The number of benzene rings is 1. The van der Waals surface area contributed by atoms with E-state index in [0.29, 0.717) is 5.56 Å². The summed E-state index contributed by atoms with van der Waals surface area (Å²) in [5, 5.41) is 3.13. The fourth-order valence-electron chi connectivity index (χ4n) is 1.03. The van der Waals surface area contributed by atoms with Gasteiger partial charge in [0.25, 0.3) is 0 Å². The second-order valence-electron chi connectivity index (χ2n) is 2.28. The molecule has 0 bridgehead atoms. The van der Waals surface area contributed by atoms with Gasteiger partial charge >= 0.3 is 0 Å². The van der Waals surface area contributed by atoms with Crippen LogP contribution >= 0.6 is 11.3 Å². The molecule has 0 saturated carbocycles. The third-order valence-corrected chi connectivity index (χ3v) is 2.47. The van der Waals surface area contributed by atoms with Crippen LogP contribution in [-0.4, -0.2) is 6.29 Å². The minimum atomic E-state index is 0.621. The predicted molar refractivity (Wildman–Crippen MR) is 46.6 cm³/mol. The Balaban J connectivity index is 2.76. The summed E-state index contributed by atoms with van der Waals surface area (Å²) in [7, 11) is 0. The van der Waals surface area contributed by atoms with E-state index >= 15 is 0 Å². The fraction of sp³-hybridized carbons (Fsp3) is 0. The number of thiophene rings is 1. The third kappa shape index (κ3) is 1.05. The Kier molecular flexibility index (Phi) is 1.47. The van der Waals surface area contributed by atoms with Crippen LogP contribution in [-0.2, 0) is 4.79 Å². The van der Waals surface area contributed by atoms with Crippen molar-refractivity contribution in [2.45, 2.75) is 0 Å². The molecule has 1 nitrogen and oxygen atoms in total. The first-order chi connectivity index (χ1) is 5.40. The molecule has 0 N–H and O–H groups in total. The summed E-state index contributed by atoms with van der Waals surface area (Å²) in [4.78, 5) is 10.3. The molecule has 0 amide bonds. The van der Waals surface area contributed by atoms with E-state index in [0.717, 1.165) is 5.39 Å². The fourth-order valence-corrected chi connectivity index (χ4v) is 1.80. The third-order valence-electron chi connectivity index (χ3n) is 1.57. The van der Waals surface area contributed by atoms with Gasteiger partial charge in [0.15, 0.2) is 0 Å². The van der Waals surface area contributed by atoms with Crippen molar-refractivity contribution in [3.8, 4) is 0 Å². The van der Waals surface area contributed by atoms with E-state index in [9.17, 15) is 4.79 Å².